The Bertz CT molecular complexity index is 310. The maximum Gasteiger partial charge on any atom is 0.262 e. The Kier molecular flexibility index (Phi) is 4.09. The highest BCUT2D eigenvalue weighted by atomic mass is 32.1. The number of amides is 2. The van der Waals surface area contributed by atoms with Crippen LogP contribution < -0.4 is 10.8 Å². The van der Waals surface area contributed by atoms with Crippen LogP contribution in [0.5, 0.6) is 0 Å². The zero-order valence-corrected chi connectivity index (χ0v) is 8.39. The first-order valence-electron chi connectivity index (χ1n) is 3.86. The highest BCUT2D eigenvalue weighted by Crippen LogP contribution is 2.04. The SMILES string of the molecule is CONC(=O)CNC(=O)c1ccsc1. The number of hydrogen-bond acceptors (Lipinski definition) is 4. The average molecular weight is 214 g/mol. The molecule has 0 aromatic carbocycles. The fourth-order valence-electron chi connectivity index (χ4n) is 0.806. The number of hydrogen-bond donors (Lipinski definition) is 2. The van der Waals surface area contributed by atoms with E-state index in [2.05, 4.69) is 15.6 Å². The van der Waals surface area contributed by atoms with E-state index in [0.717, 1.165) is 0 Å². The number of carbonyl (C=O) groups excluding carboxylic acids is 2. The Morgan fingerprint density at radius 1 is 1.57 bits per heavy atom. The van der Waals surface area contributed by atoms with Gasteiger partial charge in [-0.2, -0.15) is 11.3 Å². The van der Waals surface area contributed by atoms with Gasteiger partial charge in [-0.15, -0.1) is 0 Å². The van der Waals surface area contributed by atoms with Crippen LogP contribution in [0.15, 0.2) is 16.8 Å². The third-order valence-corrected chi connectivity index (χ3v) is 2.09. The zero-order chi connectivity index (χ0) is 10.4. The summed E-state index contributed by atoms with van der Waals surface area (Å²) >= 11 is 1.43. The third-order valence-electron chi connectivity index (χ3n) is 1.41. The number of rotatable bonds is 4. The van der Waals surface area contributed by atoms with Crippen LogP contribution in [0.25, 0.3) is 0 Å². The summed E-state index contributed by atoms with van der Waals surface area (Å²) in [6.07, 6.45) is 0. The van der Waals surface area contributed by atoms with E-state index in [9.17, 15) is 9.59 Å². The van der Waals surface area contributed by atoms with Gasteiger partial charge in [0.1, 0.15) is 0 Å². The summed E-state index contributed by atoms with van der Waals surface area (Å²) < 4.78 is 0. The van der Waals surface area contributed by atoms with Crippen LogP contribution >= 0.6 is 11.3 Å². The molecule has 0 atom stereocenters. The fourth-order valence-corrected chi connectivity index (χ4v) is 1.44. The minimum absolute atomic E-state index is 0.0947. The van der Waals surface area contributed by atoms with Crippen LogP contribution in [0.3, 0.4) is 0 Å². The first-order valence-corrected chi connectivity index (χ1v) is 4.80. The van der Waals surface area contributed by atoms with Crippen LogP contribution in [0.1, 0.15) is 10.4 Å². The van der Waals surface area contributed by atoms with Crippen molar-refractivity contribution in [3.05, 3.63) is 22.4 Å². The van der Waals surface area contributed by atoms with Crippen molar-refractivity contribution >= 4 is 23.2 Å². The van der Waals surface area contributed by atoms with Crippen LogP contribution in [-0.2, 0) is 9.63 Å². The van der Waals surface area contributed by atoms with Gasteiger partial charge in [-0.25, -0.2) is 5.48 Å². The molecule has 1 rings (SSSR count). The molecule has 6 heteroatoms. The standard InChI is InChI=1S/C8H10N2O3S/c1-13-10-7(11)4-9-8(12)6-2-3-14-5-6/h2-3,5H,4H2,1H3,(H,9,12)(H,10,11). The Morgan fingerprint density at radius 2 is 2.36 bits per heavy atom. The van der Waals surface area contributed by atoms with Gasteiger partial charge < -0.3 is 5.32 Å². The second kappa shape index (κ2) is 5.36. The fraction of sp³-hybridized carbons (Fsp3) is 0.250. The molecule has 0 aliphatic heterocycles. The van der Waals surface area contributed by atoms with Crippen molar-refractivity contribution in [2.45, 2.75) is 0 Å². The van der Waals surface area contributed by atoms with E-state index in [-0.39, 0.29) is 12.5 Å². The number of thiophene rings is 1. The molecule has 1 aromatic rings. The summed E-state index contributed by atoms with van der Waals surface area (Å²) in [7, 11) is 1.33. The van der Waals surface area contributed by atoms with Gasteiger partial charge in [0.2, 0.25) is 0 Å². The van der Waals surface area contributed by atoms with Gasteiger partial charge in [-0.3, -0.25) is 14.4 Å². The molecule has 0 fully saturated rings. The van der Waals surface area contributed by atoms with Crippen LogP contribution in [0.2, 0.25) is 0 Å². The van der Waals surface area contributed by atoms with E-state index in [4.69, 9.17) is 0 Å². The van der Waals surface area contributed by atoms with Crippen molar-refractivity contribution in [1.29, 1.82) is 0 Å². The molecule has 2 amide bonds. The molecule has 14 heavy (non-hydrogen) atoms. The minimum atomic E-state index is -0.393. The third kappa shape index (κ3) is 3.15. The topological polar surface area (TPSA) is 67.4 Å². The van der Waals surface area contributed by atoms with Gasteiger partial charge in [-0.1, -0.05) is 0 Å². The number of nitrogens with one attached hydrogen (secondary N) is 2. The molecule has 76 valence electrons. The summed E-state index contributed by atoms with van der Waals surface area (Å²) in [6, 6.07) is 1.69. The molecule has 1 aromatic heterocycles. The largest absolute Gasteiger partial charge is 0.343 e. The summed E-state index contributed by atoms with van der Waals surface area (Å²) in [5, 5.41) is 5.95. The van der Waals surface area contributed by atoms with E-state index in [1.165, 1.54) is 18.4 Å². The predicted molar refractivity (Wildman–Crippen MR) is 51.8 cm³/mol. The minimum Gasteiger partial charge on any atom is -0.343 e. The summed E-state index contributed by atoms with van der Waals surface area (Å²) in [6.45, 7) is -0.0947. The maximum atomic E-state index is 11.3. The Balaban J connectivity index is 2.32. The second-order valence-corrected chi connectivity index (χ2v) is 3.20. The lowest BCUT2D eigenvalue weighted by atomic mass is 10.3. The Morgan fingerprint density at radius 3 is 2.93 bits per heavy atom. The van der Waals surface area contributed by atoms with Crippen LogP contribution in [0, 0.1) is 0 Å². The Labute approximate surface area is 85.0 Å². The van der Waals surface area contributed by atoms with E-state index in [1.54, 1.807) is 16.8 Å². The Hall–Kier alpha value is -1.40. The molecule has 0 radical (unpaired) electrons. The molecule has 2 N–H and O–H groups in total. The summed E-state index contributed by atoms with van der Waals surface area (Å²) in [5.41, 5.74) is 2.65. The van der Waals surface area contributed by atoms with E-state index >= 15 is 0 Å². The quantitative estimate of drug-likeness (QED) is 0.701. The van der Waals surface area contributed by atoms with E-state index in [1.807, 2.05) is 0 Å². The van der Waals surface area contributed by atoms with E-state index < -0.39 is 5.91 Å². The molecule has 5 nitrogen and oxygen atoms in total. The van der Waals surface area contributed by atoms with Crippen molar-refractivity contribution in [3.8, 4) is 0 Å². The van der Waals surface area contributed by atoms with Crippen molar-refractivity contribution < 1.29 is 14.4 Å². The van der Waals surface area contributed by atoms with Gasteiger partial charge in [0, 0.05) is 10.9 Å². The first-order chi connectivity index (χ1) is 6.74. The first kappa shape index (κ1) is 10.7. The molecule has 0 bridgehead atoms. The molecule has 0 aliphatic rings. The molecular formula is C8H10N2O3S. The normalized spacial score (nSPS) is 9.50. The highest BCUT2D eigenvalue weighted by Gasteiger charge is 2.07. The number of hydroxylamine groups is 1. The van der Waals surface area contributed by atoms with Gasteiger partial charge in [0.25, 0.3) is 11.8 Å². The lowest BCUT2D eigenvalue weighted by Gasteiger charge is -2.03. The molecule has 0 saturated heterocycles. The van der Waals surface area contributed by atoms with E-state index in [0.29, 0.717) is 5.56 Å². The van der Waals surface area contributed by atoms with Crippen LogP contribution in [-0.4, -0.2) is 25.5 Å². The lowest BCUT2D eigenvalue weighted by molar-refractivity contribution is -0.130. The van der Waals surface area contributed by atoms with Crippen molar-refractivity contribution in [2.24, 2.45) is 0 Å². The van der Waals surface area contributed by atoms with Gasteiger partial charge in [0.05, 0.1) is 13.7 Å². The zero-order valence-electron chi connectivity index (χ0n) is 7.57. The average Bonchev–Trinajstić information content (AvgIpc) is 2.67. The van der Waals surface area contributed by atoms with Crippen molar-refractivity contribution in [2.75, 3.05) is 13.7 Å². The molecule has 0 unspecified atom stereocenters. The molecule has 1 heterocycles. The predicted octanol–water partition coefficient (Wildman–Crippen LogP) is 0.156. The monoisotopic (exact) mass is 214 g/mol. The van der Waals surface area contributed by atoms with Gasteiger partial charge in [0.15, 0.2) is 0 Å². The maximum absolute atomic E-state index is 11.3. The summed E-state index contributed by atoms with van der Waals surface area (Å²) in [5.74, 6) is -0.659. The van der Waals surface area contributed by atoms with Crippen molar-refractivity contribution in [1.82, 2.24) is 10.8 Å². The van der Waals surface area contributed by atoms with Crippen LogP contribution in [0.4, 0.5) is 0 Å². The van der Waals surface area contributed by atoms with Crippen molar-refractivity contribution in [3.63, 3.8) is 0 Å². The molecule has 0 saturated carbocycles. The lowest BCUT2D eigenvalue weighted by Crippen LogP contribution is -2.36. The second-order valence-electron chi connectivity index (χ2n) is 2.42. The smallest absolute Gasteiger partial charge is 0.262 e. The molecule has 0 spiro atoms. The molecular weight excluding hydrogens is 204 g/mol. The summed E-state index contributed by atoms with van der Waals surface area (Å²) in [4.78, 5) is 26.5. The highest BCUT2D eigenvalue weighted by molar-refractivity contribution is 7.08. The van der Waals surface area contributed by atoms with Gasteiger partial charge >= 0.3 is 0 Å². The molecule has 0 aliphatic carbocycles. The number of carbonyl (C=O) groups is 2. The van der Waals surface area contributed by atoms with Gasteiger partial charge in [-0.05, 0) is 11.4 Å².